The van der Waals surface area contributed by atoms with Gasteiger partial charge in [0.2, 0.25) is 5.91 Å². The fourth-order valence-electron chi connectivity index (χ4n) is 1.98. The van der Waals surface area contributed by atoms with E-state index in [9.17, 15) is 9.59 Å². The van der Waals surface area contributed by atoms with Crippen LogP contribution < -0.4 is 5.32 Å². The number of carbonyl (C=O) groups is 2. The van der Waals surface area contributed by atoms with Gasteiger partial charge in [-0.2, -0.15) is 0 Å². The summed E-state index contributed by atoms with van der Waals surface area (Å²) in [6.07, 6.45) is 3.17. The normalized spacial score (nSPS) is 10.5. The summed E-state index contributed by atoms with van der Waals surface area (Å²) in [5, 5.41) is 3.79. The molecular formula is C13H14N2O2. The van der Waals surface area contributed by atoms with E-state index < -0.39 is 0 Å². The fourth-order valence-corrected chi connectivity index (χ4v) is 1.98. The second kappa shape index (κ2) is 4.41. The fraction of sp³-hybridized carbons (Fsp3) is 0.231. The zero-order chi connectivity index (χ0) is 12.4. The summed E-state index contributed by atoms with van der Waals surface area (Å²) >= 11 is 0. The highest BCUT2D eigenvalue weighted by molar-refractivity contribution is 5.94. The van der Waals surface area contributed by atoms with Gasteiger partial charge in [-0.25, -0.2) is 0 Å². The number of nitrogens with one attached hydrogen (secondary N) is 1. The average molecular weight is 230 g/mol. The molecule has 4 heteroatoms. The van der Waals surface area contributed by atoms with E-state index >= 15 is 0 Å². The molecule has 0 fully saturated rings. The van der Waals surface area contributed by atoms with Crippen molar-refractivity contribution in [2.75, 3.05) is 5.32 Å². The molecule has 0 atom stereocenters. The highest BCUT2D eigenvalue weighted by atomic mass is 16.1. The van der Waals surface area contributed by atoms with Crippen LogP contribution >= 0.6 is 0 Å². The summed E-state index contributed by atoms with van der Waals surface area (Å²) in [4.78, 5) is 21.7. The van der Waals surface area contributed by atoms with Gasteiger partial charge in [-0.1, -0.05) is 0 Å². The van der Waals surface area contributed by atoms with E-state index in [1.807, 2.05) is 36.0 Å². The van der Waals surface area contributed by atoms with Crippen molar-refractivity contribution in [3.05, 3.63) is 30.0 Å². The van der Waals surface area contributed by atoms with Crippen LogP contribution in [0.25, 0.3) is 10.9 Å². The molecule has 1 aromatic heterocycles. The lowest BCUT2D eigenvalue weighted by Crippen LogP contribution is -2.06. The van der Waals surface area contributed by atoms with Gasteiger partial charge in [-0.3, -0.25) is 4.79 Å². The molecular weight excluding hydrogens is 216 g/mol. The highest BCUT2D eigenvalue weighted by Gasteiger charge is 2.07. The smallest absolute Gasteiger partial charge is 0.221 e. The molecule has 0 radical (unpaired) electrons. The molecule has 0 saturated heterocycles. The van der Waals surface area contributed by atoms with Gasteiger partial charge in [-0.15, -0.1) is 0 Å². The van der Waals surface area contributed by atoms with Crippen molar-refractivity contribution in [1.82, 2.24) is 4.57 Å². The number of hydrogen-bond donors (Lipinski definition) is 1. The van der Waals surface area contributed by atoms with Gasteiger partial charge in [0.1, 0.15) is 6.29 Å². The molecule has 0 saturated carbocycles. The minimum atomic E-state index is -0.115. The lowest BCUT2D eigenvalue weighted by Gasteiger charge is -2.07. The van der Waals surface area contributed by atoms with Crippen molar-refractivity contribution in [2.45, 2.75) is 13.3 Å². The summed E-state index contributed by atoms with van der Waals surface area (Å²) in [5.74, 6) is -0.115. The van der Waals surface area contributed by atoms with E-state index in [0.717, 1.165) is 28.4 Å². The predicted octanol–water partition coefficient (Wildman–Crippen LogP) is 1.88. The van der Waals surface area contributed by atoms with E-state index in [0.29, 0.717) is 6.42 Å². The van der Waals surface area contributed by atoms with Crippen LogP contribution in [0.5, 0.6) is 0 Å². The van der Waals surface area contributed by atoms with Gasteiger partial charge in [0.25, 0.3) is 0 Å². The van der Waals surface area contributed by atoms with Gasteiger partial charge < -0.3 is 14.7 Å². The van der Waals surface area contributed by atoms with E-state index in [2.05, 4.69) is 5.32 Å². The Bertz CT molecular complexity index is 584. The number of rotatable bonds is 3. The van der Waals surface area contributed by atoms with Crippen LogP contribution in [0.3, 0.4) is 0 Å². The summed E-state index contributed by atoms with van der Waals surface area (Å²) in [6, 6.07) is 5.73. The second-order valence-electron chi connectivity index (χ2n) is 4.05. The first-order chi connectivity index (χ1) is 8.11. The van der Waals surface area contributed by atoms with Crippen LogP contribution in [-0.2, 0) is 23.1 Å². The van der Waals surface area contributed by atoms with Crippen molar-refractivity contribution in [3.8, 4) is 0 Å². The molecule has 0 bridgehead atoms. The Labute approximate surface area is 99.2 Å². The standard InChI is InChI=1S/C13H14N2O2/c1-9(17)14-11-7-10(4-6-16)12-3-5-15(2)13(12)8-11/h3,5-8H,4H2,1-2H3,(H,14,17). The molecule has 88 valence electrons. The number of aldehydes is 1. The van der Waals surface area contributed by atoms with Crippen LogP contribution in [0.2, 0.25) is 0 Å². The Morgan fingerprint density at radius 2 is 2.24 bits per heavy atom. The number of nitrogens with zero attached hydrogens (tertiary/aromatic N) is 1. The predicted molar refractivity (Wildman–Crippen MR) is 67.0 cm³/mol. The monoisotopic (exact) mass is 230 g/mol. The van der Waals surface area contributed by atoms with Gasteiger partial charge in [-0.05, 0) is 23.8 Å². The number of carbonyl (C=O) groups excluding carboxylic acids is 2. The largest absolute Gasteiger partial charge is 0.350 e. The minimum absolute atomic E-state index is 0.115. The number of aryl methyl sites for hydroxylation is 1. The summed E-state index contributed by atoms with van der Waals surface area (Å²) in [7, 11) is 1.94. The zero-order valence-corrected chi connectivity index (χ0v) is 9.86. The number of benzene rings is 1. The molecule has 0 aliphatic rings. The van der Waals surface area contributed by atoms with Gasteiger partial charge in [0.15, 0.2) is 0 Å². The second-order valence-corrected chi connectivity index (χ2v) is 4.05. The number of fused-ring (bicyclic) bond motifs is 1. The topological polar surface area (TPSA) is 51.1 Å². The minimum Gasteiger partial charge on any atom is -0.350 e. The zero-order valence-electron chi connectivity index (χ0n) is 9.86. The van der Waals surface area contributed by atoms with Crippen LogP contribution in [-0.4, -0.2) is 16.8 Å². The molecule has 0 aliphatic carbocycles. The van der Waals surface area contributed by atoms with E-state index in [1.54, 1.807) is 0 Å². The van der Waals surface area contributed by atoms with Crippen molar-refractivity contribution < 1.29 is 9.59 Å². The van der Waals surface area contributed by atoms with Crippen molar-refractivity contribution in [2.24, 2.45) is 7.05 Å². The first-order valence-corrected chi connectivity index (χ1v) is 5.41. The maximum atomic E-state index is 11.1. The van der Waals surface area contributed by atoms with Crippen LogP contribution in [0.1, 0.15) is 12.5 Å². The van der Waals surface area contributed by atoms with Crippen LogP contribution in [0.15, 0.2) is 24.4 Å². The van der Waals surface area contributed by atoms with Gasteiger partial charge in [0, 0.05) is 37.7 Å². The Morgan fingerprint density at radius 1 is 1.47 bits per heavy atom. The van der Waals surface area contributed by atoms with Crippen LogP contribution in [0.4, 0.5) is 5.69 Å². The molecule has 0 aliphatic heterocycles. The molecule has 1 heterocycles. The van der Waals surface area contributed by atoms with Crippen molar-refractivity contribution >= 4 is 28.8 Å². The van der Waals surface area contributed by atoms with Crippen molar-refractivity contribution in [3.63, 3.8) is 0 Å². The first-order valence-electron chi connectivity index (χ1n) is 5.41. The van der Waals surface area contributed by atoms with Crippen molar-refractivity contribution in [1.29, 1.82) is 0 Å². The summed E-state index contributed by atoms with van der Waals surface area (Å²) in [6.45, 7) is 1.47. The molecule has 1 N–H and O–H groups in total. The molecule has 1 amide bonds. The van der Waals surface area contributed by atoms with E-state index in [-0.39, 0.29) is 5.91 Å². The molecule has 4 nitrogen and oxygen atoms in total. The average Bonchev–Trinajstić information content (AvgIpc) is 2.60. The lowest BCUT2D eigenvalue weighted by molar-refractivity contribution is -0.114. The Balaban J connectivity index is 2.59. The summed E-state index contributed by atoms with van der Waals surface area (Å²) in [5.41, 5.74) is 2.67. The SMILES string of the molecule is CC(=O)Nc1cc(CC=O)c2ccn(C)c2c1. The highest BCUT2D eigenvalue weighted by Crippen LogP contribution is 2.24. The molecule has 0 unspecified atom stereocenters. The molecule has 2 rings (SSSR count). The lowest BCUT2D eigenvalue weighted by atomic mass is 10.1. The number of hydrogen-bond acceptors (Lipinski definition) is 2. The number of anilines is 1. The third-order valence-corrected chi connectivity index (χ3v) is 2.71. The quantitative estimate of drug-likeness (QED) is 0.818. The number of amides is 1. The van der Waals surface area contributed by atoms with Gasteiger partial charge >= 0.3 is 0 Å². The molecule has 2 aromatic rings. The maximum Gasteiger partial charge on any atom is 0.221 e. The number of aromatic nitrogens is 1. The molecule has 17 heavy (non-hydrogen) atoms. The van der Waals surface area contributed by atoms with Crippen LogP contribution in [0, 0.1) is 0 Å². The van der Waals surface area contributed by atoms with E-state index in [4.69, 9.17) is 0 Å². The Hall–Kier alpha value is -2.10. The third kappa shape index (κ3) is 2.20. The molecule has 0 spiro atoms. The Kier molecular flexibility index (Phi) is 2.95. The first kappa shape index (κ1) is 11.4. The third-order valence-electron chi connectivity index (χ3n) is 2.71. The van der Waals surface area contributed by atoms with E-state index in [1.165, 1.54) is 6.92 Å². The Morgan fingerprint density at radius 3 is 2.88 bits per heavy atom. The maximum absolute atomic E-state index is 11.1. The molecule has 1 aromatic carbocycles. The van der Waals surface area contributed by atoms with Gasteiger partial charge in [0.05, 0.1) is 5.52 Å². The summed E-state index contributed by atoms with van der Waals surface area (Å²) < 4.78 is 1.97.